The normalized spacial score (nSPS) is 10.3. The van der Waals surface area contributed by atoms with Gasteiger partial charge in [-0.25, -0.2) is 0 Å². The molecule has 0 aliphatic carbocycles. The quantitative estimate of drug-likeness (QED) is 0.600. The maximum Gasteiger partial charge on any atom is 0.152 e. The molecule has 60 valence electrons. The van der Waals surface area contributed by atoms with E-state index in [1.165, 1.54) is 18.5 Å². The minimum absolute atomic E-state index is 0.0797. The van der Waals surface area contributed by atoms with Crippen molar-refractivity contribution < 1.29 is 14.3 Å². The molecule has 2 aromatic rings. The number of rotatable bonds is 1. The summed E-state index contributed by atoms with van der Waals surface area (Å²) < 4.78 is 4.98. The lowest BCUT2D eigenvalue weighted by Crippen LogP contribution is -2.23. The van der Waals surface area contributed by atoms with Crippen LogP contribution in [0.1, 0.15) is 10.5 Å². The molecule has 0 unspecified atom stereocenters. The van der Waals surface area contributed by atoms with Crippen LogP contribution in [0.25, 0.3) is 11.0 Å². The first-order valence-corrected chi connectivity index (χ1v) is 3.32. The molecule has 0 aromatic carbocycles. The van der Waals surface area contributed by atoms with Crippen LogP contribution in [0.4, 0.5) is 0 Å². The Labute approximate surface area is 67.4 Å². The molecule has 2 rings (SSSR count). The number of aromatic carboxylic acids is 1. The Bertz CT molecular complexity index is 433. The molecular formula is C8H4NO3-. The highest BCUT2D eigenvalue weighted by Gasteiger charge is 1.99. The van der Waals surface area contributed by atoms with Gasteiger partial charge in [-0.05, 0) is 12.1 Å². The number of aromatic nitrogens is 1. The number of fused-ring (bicyclic) bond motifs is 1. The van der Waals surface area contributed by atoms with Gasteiger partial charge in [0.15, 0.2) is 5.58 Å². The molecule has 2 aromatic heterocycles. The van der Waals surface area contributed by atoms with Crippen molar-refractivity contribution >= 4 is 16.9 Å². The molecule has 0 N–H and O–H groups in total. The molecule has 0 saturated carbocycles. The van der Waals surface area contributed by atoms with Gasteiger partial charge in [0.05, 0.1) is 24.1 Å². The summed E-state index contributed by atoms with van der Waals surface area (Å²) in [6.07, 6.45) is 2.84. The van der Waals surface area contributed by atoms with Crippen molar-refractivity contribution in [2.75, 3.05) is 0 Å². The van der Waals surface area contributed by atoms with E-state index in [-0.39, 0.29) is 5.69 Å². The van der Waals surface area contributed by atoms with E-state index in [0.29, 0.717) is 11.0 Å². The third-order valence-electron chi connectivity index (χ3n) is 1.55. The number of carboxylic acids is 1. The van der Waals surface area contributed by atoms with Gasteiger partial charge in [0.2, 0.25) is 0 Å². The van der Waals surface area contributed by atoms with Gasteiger partial charge in [0, 0.05) is 5.39 Å². The number of carbonyl (C=O) groups is 1. The summed E-state index contributed by atoms with van der Waals surface area (Å²) in [7, 11) is 0. The fraction of sp³-hybridized carbons (Fsp3) is 0. The summed E-state index contributed by atoms with van der Waals surface area (Å²) in [6, 6.07) is 3.08. The number of pyridine rings is 1. The van der Waals surface area contributed by atoms with E-state index in [9.17, 15) is 9.90 Å². The fourth-order valence-corrected chi connectivity index (χ4v) is 0.979. The van der Waals surface area contributed by atoms with E-state index < -0.39 is 5.97 Å². The smallest absolute Gasteiger partial charge is 0.152 e. The van der Waals surface area contributed by atoms with Crippen molar-refractivity contribution in [1.82, 2.24) is 4.98 Å². The Morgan fingerprint density at radius 2 is 2.42 bits per heavy atom. The number of hydrogen-bond donors (Lipinski definition) is 0. The van der Waals surface area contributed by atoms with Gasteiger partial charge < -0.3 is 14.3 Å². The minimum atomic E-state index is -1.28. The van der Waals surface area contributed by atoms with Gasteiger partial charge >= 0.3 is 0 Å². The average molecular weight is 162 g/mol. The monoisotopic (exact) mass is 162 g/mol. The lowest BCUT2D eigenvalue weighted by Gasteiger charge is -1.98. The predicted molar refractivity (Wildman–Crippen MR) is 38.3 cm³/mol. The largest absolute Gasteiger partial charge is 0.543 e. The predicted octanol–water partition coefficient (Wildman–Crippen LogP) is 0.191. The second kappa shape index (κ2) is 2.34. The van der Waals surface area contributed by atoms with Crippen molar-refractivity contribution in [3.8, 4) is 0 Å². The number of carbonyl (C=O) groups excluding carboxylic acids is 1. The van der Waals surface area contributed by atoms with Crippen LogP contribution >= 0.6 is 0 Å². The summed E-state index contributed by atoms with van der Waals surface area (Å²) in [5, 5.41) is 11.1. The Balaban J connectivity index is 2.68. The van der Waals surface area contributed by atoms with Gasteiger partial charge in [-0.2, -0.15) is 0 Å². The first-order chi connectivity index (χ1) is 5.77. The lowest BCUT2D eigenvalue weighted by molar-refractivity contribution is -0.255. The van der Waals surface area contributed by atoms with Gasteiger partial charge in [-0.3, -0.25) is 4.98 Å². The van der Waals surface area contributed by atoms with E-state index >= 15 is 0 Å². The van der Waals surface area contributed by atoms with Crippen LogP contribution in [0.2, 0.25) is 0 Å². The van der Waals surface area contributed by atoms with Crippen molar-refractivity contribution in [2.24, 2.45) is 0 Å². The van der Waals surface area contributed by atoms with Crippen molar-refractivity contribution in [1.29, 1.82) is 0 Å². The SMILES string of the molecule is O=C([O-])c1cc2ccoc2cn1. The summed E-state index contributed by atoms with van der Waals surface area (Å²) >= 11 is 0. The maximum atomic E-state index is 10.4. The maximum absolute atomic E-state index is 10.4. The number of carboxylic acid groups (broad SMARTS) is 1. The van der Waals surface area contributed by atoms with Crippen molar-refractivity contribution in [3.05, 3.63) is 30.3 Å². The number of furan rings is 1. The zero-order valence-corrected chi connectivity index (χ0v) is 5.98. The Hall–Kier alpha value is -1.84. The molecule has 2 heterocycles. The highest BCUT2D eigenvalue weighted by atomic mass is 16.4. The highest BCUT2D eigenvalue weighted by molar-refractivity contribution is 5.88. The Morgan fingerprint density at radius 1 is 1.58 bits per heavy atom. The molecule has 0 fully saturated rings. The number of nitrogens with zero attached hydrogens (tertiary/aromatic N) is 1. The van der Waals surface area contributed by atoms with Crippen molar-refractivity contribution in [3.63, 3.8) is 0 Å². The summed E-state index contributed by atoms with van der Waals surface area (Å²) in [6.45, 7) is 0. The van der Waals surface area contributed by atoms with Crippen molar-refractivity contribution in [2.45, 2.75) is 0 Å². The molecular weight excluding hydrogens is 158 g/mol. The molecule has 0 spiro atoms. The van der Waals surface area contributed by atoms with Gasteiger partial charge in [0.25, 0.3) is 0 Å². The zero-order valence-electron chi connectivity index (χ0n) is 5.98. The Kier molecular flexibility index (Phi) is 1.33. The third kappa shape index (κ3) is 0.934. The van der Waals surface area contributed by atoms with E-state index in [1.54, 1.807) is 6.07 Å². The van der Waals surface area contributed by atoms with Crippen LogP contribution in [0.5, 0.6) is 0 Å². The molecule has 0 aliphatic rings. The molecule has 12 heavy (non-hydrogen) atoms. The molecule has 4 nitrogen and oxygen atoms in total. The number of hydrogen-bond acceptors (Lipinski definition) is 4. The van der Waals surface area contributed by atoms with Crippen LogP contribution in [0.15, 0.2) is 29.0 Å². The van der Waals surface area contributed by atoms with Gasteiger partial charge in [-0.1, -0.05) is 0 Å². The molecule has 0 atom stereocenters. The molecule has 0 aliphatic heterocycles. The van der Waals surface area contributed by atoms with Crippen LogP contribution in [0.3, 0.4) is 0 Å². The van der Waals surface area contributed by atoms with Gasteiger partial charge in [-0.15, -0.1) is 0 Å². The molecule has 0 radical (unpaired) electrons. The van der Waals surface area contributed by atoms with Crippen LogP contribution in [0, 0.1) is 0 Å². The molecule has 0 saturated heterocycles. The Morgan fingerprint density at radius 3 is 3.17 bits per heavy atom. The van der Waals surface area contributed by atoms with E-state index in [1.807, 2.05) is 0 Å². The molecule has 0 amide bonds. The fourth-order valence-electron chi connectivity index (χ4n) is 0.979. The second-order valence-electron chi connectivity index (χ2n) is 2.32. The van der Waals surface area contributed by atoms with Crippen LogP contribution in [-0.2, 0) is 0 Å². The topological polar surface area (TPSA) is 66.2 Å². The second-order valence-corrected chi connectivity index (χ2v) is 2.32. The van der Waals surface area contributed by atoms with E-state index in [4.69, 9.17) is 4.42 Å². The first-order valence-electron chi connectivity index (χ1n) is 3.32. The van der Waals surface area contributed by atoms with Gasteiger partial charge in [0.1, 0.15) is 0 Å². The van der Waals surface area contributed by atoms with E-state index in [0.717, 1.165) is 0 Å². The average Bonchev–Trinajstić information content (AvgIpc) is 2.49. The lowest BCUT2D eigenvalue weighted by atomic mass is 10.3. The van der Waals surface area contributed by atoms with E-state index in [2.05, 4.69) is 4.98 Å². The van der Waals surface area contributed by atoms with Crippen LogP contribution < -0.4 is 5.11 Å². The summed E-state index contributed by atoms with van der Waals surface area (Å²) in [5.41, 5.74) is 0.490. The summed E-state index contributed by atoms with van der Waals surface area (Å²) in [5.74, 6) is -1.28. The summed E-state index contributed by atoms with van der Waals surface area (Å²) in [4.78, 5) is 14.0. The molecule has 0 bridgehead atoms. The zero-order chi connectivity index (χ0) is 8.55. The standard InChI is InChI=1S/C8H5NO3/c10-8(11)6-3-5-1-2-12-7(5)4-9-6/h1-4H,(H,10,11)/p-1. The molecule has 4 heteroatoms. The van der Waals surface area contributed by atoms with Crippen LogP contribution in [-0.4, -0.2) is 11.0 Å². The first kappa shape index (κ1) is 6.84. The highest BCUT2D eigenvalue weighted by Crippen LogP contribution is 2.14. The third-order valence-corrected chi connectivity index (χ3v) is 1.55. The minimum Gasteiger partial charge on any atom is -0.543 e.